The van der Waals surface area contributed by atoms with E-state index in [1.54, 1.807) is 0 Å². The molecule has 6 nitrogen and oxygen atoms in total. The van der Waals surface area contributed by atoms with Gasteiger partial charge in [0.05, 0.1) is 5.69 Å². The number of hydrogen-bond acceptors (Lipinski definition) is 4. The molecule has 1 atom stereocenters. The van der Waals surface area contributed by atoms with Crippen molar-refractivity contribution in [2.24, 2.45) is 5.92 Å². The van der Waals surface area contributed by atoms with E-state index in [1.807, 2.05) is 20.8 Å². The van der Waals surface area contributed by atoms with Crippen molar-refractivity contribution in [3.05, 3.63) is 17.0 Å². The third-order valence-electron chi connectivity index (χ3n) is 5.57. The van der Waals surface area contributed by atoms with E-state index in [0.29, 0.717) is 23.7 Å². The minimum Gasteiger partial charge on any atom is -0.465 e. The SMILES string of the molecule is CC(C)(C)N(CC1CCN(c2cc(C3CCCC3)nc(Cl)n2)C1)C(=O)O. The van der Waals surface area contributed by atoms with Gasteiger partial charge in [0.1, 0.15) is 5.82 Å². The maximum atomic E-state index is 11.6. The van der Waals surface area contributed by atoms with Gasteiger partial charge in [0.2, 0.25) is 5.28 Å². The molecule has 2 fully saturated rings. The first-order valence-corrected chi connectivity index (χ1v) is 9.92. The molecule has 1 aliphatic carbocycles. The van der Waals surface area contributed by atoms with E-state index in [2.05, 4.69) is 20.9 Å². The fraction of sp³-hybridized carbons (Fsp3) is 0.737. The van der Waals surface area contributed by atoms with Gasteiger partial charge in [-0.1, -0.05) is 12.8 Å². The quantitative estimate of drug-likeness (QED) is 0.784. The summed E-state index contributed by atoms with van der Waals surface area (Å²) in [5.41, 5.74) is 0.662. The standard InChI is InChI=1S/C19H29ClN4O2/c1-19(2,3)24(18(25)26)12-13-8-9-23(11-13)16-10-15(21-17(20)22-16)14-6-4-5-7-14/h10,13-14H,4-9,11-12H2,1-3H3,(H,25,26). The first-order chi connectivity index (χ1) is 12.2. The summed E-state index contributed by atoms with van der Waals surface area (Å²) >= 11 is 6.19. The van der Waals surface area contributed by atoms with Crippen LogP contribution < -0.4 is 4.90 Å². The summed E-state index contributed by atoms with van der Waals surface area (Å²) in [4.78, 5) is 24.2. The second-order valence-corrected chi connectivity index (χ2v) is 8.90. The second kappa shape index (κ2) is 7.59. The molecule has 1 amide bonds. The van der Waals surface area contributed by atoms with E-state index in [-0.39, 0.29) is 0 Å². The van der Waals surface area contributed by atoms with Gasteiger partial charge < -0.3 is 14.9 Å². The average Bonchev–Trinajstić information content (AvgIpc) is 3.22. The Bertz CT molecular complexity index is 655. The number of aromatic nitrogens is 2. The summed E-state index contributed by atoms with van der Waals surface area (Å²) < 4.78 is 0. The molecular formula is C19H29ClN4O2. The highest BCUT2D eigenvalue weighted by atomic mass is 35.5. The van der Waals surface area contributed by atoms with Crippen LogP contribution in [0, 0.1) is 5.92 Å². The van der Waals surface area contributed by atoms with Crippen LogP contribution in [0.4, 0.5) is 10.6 Å². The van der Waals surface area contributed by atoms with Crippen molar-refractivity contribution in [3.63, 3.8) is 0 Å². The minimum absolute atomic E-state index is 0.300. The van der Waals surface area contributed by atoms with E-state index in [0.717, 1.165) is 31.0 Å². The lowest BCUT2D eigenvalue weighted by Gasteiger charge is -2.35. The summed E-state index contributed by atoms with van der Waals surface area (Å²) in [6.07, 6.45) is 4.96. The Hall–Kier alpha value is -1.56. The molecule has 1 aliphatic heterocycles. The zero-order valence-electron chi connectivity index (χ0n) is 15.9. The molecule has 0 aromatic carbocycles. The maximum Gasteiger partial charge on any atom is 0.407 e. The number of anilines is 1. The van der Waals surface area contributed by atoms with Crippen LogP contribution in [0.2, 0.25) is 5.28 Å². The smallest absolute Gasteiger partial charge is 0.407 e. The van der Waals surface area contributed by atoms with Crippen LogP contribution in [0.15, 0.2) is 6.07 Å². The first-order valence-electron chi connectivity index (χ1n) is 9.54. The number of nitrogens with zero attached hydrogens (tertiary/aromatic N) is 4. The van der Waals surface area contributed by atoms with E-state index in [9.17, 15) is 9.90 Å². The fourth-order valence-corrected chi connectivity index (χ4v) is 4.29. The Morgan fingerprint density at radius 2 is 2.00 bits per heavy atom. The van der Waals surface area contributed by atoms with Crippen molar-refractivity contribution < 1.29 is 9.90 Å². The summed E-state index contributed by atoms with van der Waals surface area (Å²) in [6.45, 7) is 8.03. The van der Waals surface area contributed by atoms with Gasteiger partial charge in [0, 0.05) is 37.2 Å². The van der Waals surface area contributed by atoms with Gasteiger partial charge in [0.25, 0.3) is 0 Å². The van der Waals surface area contributed by atoms with Crippen LogP contribution in [-0.2, 0) is 0 Å². The van der Waals surface area contributed by atoms with Crippen molar-refractivity contribution >= 4 is 23.5 Å². The Morgan fingerprint density at radius 1 is 1.31 bits per heavy atom. The topological polar surface area (TPSA) is 69.6 Å². The molecule has 1 saturated heterocycles. The highest BCUT2D eigenvalue weighted by Gasteiger charge is 2.32. The minimum atomic E-state index is -0.857. The lowest BCUT2D eigenvalue weighted by Crippen LogP contribution is -2.47. The van der Waals surface area contributed by atoms with Gasteiger partial charge in [-0.05, 0) is 57.6 Å². The van der Waals surface area contributed by atoms with Crippen LogP contribution in [0.25, 0.3) is 0 Å². The van der Waals surface area contributed by atoms with E-state index in [4.69, 9.17) is 11.6 Å². The highest BCUT2D eigenvalue weighted by molar-refractivity contribution is 6.28. The monoisotopic (exact) mass is 380 g/mol. The third kappa shape index (κ3) is 4.40. The molecule has 1 aromatic heterocycles. The third-order valence-corrected chi connectivity index (χ3v) is 5.74. The first kappa shape index (κ1) is 19.2. The van der Waals surface area contributed by atoms with Gasteiger partial charge in [-0.3, -0.25) is 0 Å². The molecule has 0 bridgehead atoms. The van der Waals surface area contributed by atoms with Crippen molar-refractivity contribution in [2.75, 3.05) is 24.5 Å². The van der Waals surface area contributed by atoms with Crippen LogP contribution >= 0.6 is 11.6 Å². The number of carboxylic acid groups (broad SMARTS) is 1. The molecular weight excluding hydrogens is 352 g/mol. The summed E-state index contributed by atoms with van der Waals surface area (Å²) in [5.74, 6) is 1.68. The van der Waals surface area contributed by atoms with E-state index in [1.165, 1.54) is 30.6 Å². The number of rotatable bonds is 4. The Kier molecular flexibility index (Phi) is 5.61. The van der Waals surface area contributed by atoms with Gasteiger partial charge in [-0.15, -0.1) is 0 Å². The molecule has 2 heterocycles. The zero-order chi connectivity index (χ0) is 18.9. The molecule has 0 spiro atoms. The highest BCUT2D eigenvalue weighted by Crippen LogP contribution is 2.35. The zero-order valence-corrected chi connectivity index (χ0v) is 16.7. The van der Waals surface area contributed by atoms with Crippen molar-refractivity contribution in [1.82, 2.24) is 14.9 Å². The average molecular weight is 381 g/mol. The van der Waals surface area contributed by atoms with Gasteiger partial charge in [0.15, 0.2) is 0 Å². The Balaban J connectivity index is 1.69. The predicted octanol–water partition coefficient (Wildman–Crippen LogP) is 4.39. The molecule has 1 unspecified atom stereocenters. The van der Waals surface area contributed by atoms with Crippen LogP contribution in [0.5, 0.6) is 0 Å². The van der Waals surface area contributed by atoms with Crippen molar-refractivity contribution in [1.29, 1.82) is 0 Å². The van der Waals surface area contributed by atoms with Gasteiger partial charge in [-0.2, -0.15) is 0 Å². The molecule has 2 aliphatic rings. The van der Waals surface area contributed by atoms with Crippen LogP contribution in [0.1, 0.15) is 64.5 Å². The molecule has 144 valence electrons. The lowest BCUT2D eigenvalue weighted by molar-refractivity contribution is 0.0908. The van der Waals surface area contributed by atoms with Crippen molar-refractivity contribution in [3.8, 4) is 0 Å². The lowest BCUT2D eigenvalue weighted by atomic mass is 10.0. The van der Waals surface area contributed by atoms with E-state index < -0.39 is 11.6 Å². The molecule has 3 rings (SSSR count). The Labute approximate surface area is 160 Å². The van der Waals surface area contributed by atoms with Crippen molar-refractivity contribution in [2.45, 2.75) is 64.3 Å². The Morgan fingerprint density at radius 3 is 2.62 bits per heavy atom. The van der Waals surface area contributed by atoms with Gasteiger partial charge in [-0.25, -0.2) is 14.8 Å². The number of halogens is 1. The second-order valence-electron chi connectivity index (χ2n) is 8.57. The normalized spacial score (nSPS) is 21.4. The maximum absolute atomic E-state index is 11.6. The summed E-state index contributed by atoms with van der Waals surface area (Å²) in [5, 5.41) is 9.83. The molecule has 1 saturated carbocycles. The fourth-order valence-electron chi connectivity index (χ4n) is 4.10. The summed E-state index contributed by atoms with van der Waals surface area (Å²) in [7, 11) is 0. The van der Waals surface area contributed by atoms with Crippen LogP contribution in [-0.4, -0.2) is 51.2 Å². The summed E-state index contributed by atoms with van der Waals surface area (Å²) in [6, 6.07) is 2.09. The largest absolute Gasteiger partial charge is 0.465 e. The molecule has 26 heavy (non-hydrogen) atoms. The van der Waals surface area contributed by atoms with Gasteiger partial charge >= 0.3 is 6.09 Å². The number of amides is 1. The number of carbonyl (C=O) groups is 1. The number of hydrogen-bond donors (Lipinski definition) is 1. The van der Waals surface area contributed by atoms with E-state index >= 15 is 0 Å². The van der Waals surface area contributed by atoms with Crippen LogP contribution in [0.3, 0.4) is 0 Å². The molecule has 1 aromatic rings. The predicted molar refractivity (Wildman–Crippen MR) is 103 cm³/mol. The molecule has 7 heteroatoms. The molecule has 1 N–H and O–H groups in total. The molecule has 0 radical (unpaired) electrons.